The van der Waals surface area contributed by atoms with Gasteiger partial charge in [0.1, 0.15) is 0 Å². The minimum atomic E-state index is -0.181. The highest BCUT2D eigenvalue weighted by molar-refractivity contribution is 6.09. The van der Waals surface area contributed by atoms with E-state index in [1.54, 1.807) is 24.3 Å². The fraction of sp³-hybridized carbons (Fsp3) is 0.438. The van der Waals surface area contributed by atoms with Crippen molar-refractivity contribution in [1.29, 1.82) is 0 Å². The molecule has 1 aromatic carbocycles. The zero-order valence-corrected chi connectivity index (χ0v) is 11.2. The smallest absolute Gasteiger partial charge is 0.233 e. The standard InChI is InChI=1S/C16H17NO3/c18-14(11-6-2-1-3-7-11)10-17-15(19)12-8-4-5-9-13(12)16(17)20/h1-3,6-7,12-13H,4-5,8-10H2. The summed E-state index contributed by atoms with van der Waals surface area (Å²) < 4.78 is 0. The van der Waals surface area contributed by atoms with E-state index in [-0.39, 0.29) is 36.0 Å². The number of carbonyl (C=O) groups is 3. The van der Waals surface area contributed by atoms with Gasteiger partial charge in [-0.2, -0.15) is 0 Å². The molecule has 2 fully saturated rings. The normalized spacial score (nSPS) is 25.7. The molecule has 1 aliphatic carbocycles. The average Bonchev–Trinajstić information content (AvgIpc) is 2.74. The number of hydrogen-bond acceptors (Lipinski definition) is 3. The number of ketones is 1. The maximum atomic E-state index is 12.3. The van der Waals surface area contributed by atoms with Crippen LogP contribution in [0, 0.1) is 11.8 Å². The highest BCUT2D eigenvalue weighted by atomic mass is 16.2. The highest BCUT2D eigenvalue weighted by Gasteiger charge is 2.48. The van der Waals surface area contributed by atoms with Crippen molar-refractivity contribution in [2.24, 2.45) is 11.8 Å². The molecule has 1 aliphatic heterocycles. The first-order valence-corrected chi connectivity index (χ1v) is 7.12. The highest BCUT2D eigenvalue weighted by Crippen LogP contribution is 2.37. The van der Waals surface area contributed by atoms with E-state index in [1.165, 1.54) is 4.90 Å². The van der Waals surface area contributed by atoms with Crippen LogP contribution in [0.2, 0.25) is 0 Å². The van der Waals surface area contributed by atoms with Crippen molar-refractivity contribution in [3.05, 3.63) is 35.9 Å². The van der Waals surface area contributed by atoms with Crippen LogP contribution in [0.1, 0.15) is 36.0 Å². The topological polar surface area (TPSA) is 54.5 Å². The van der Waals surface area contributed by atoms with Crippen molar-refractivity contribution >= 4 is 17.6 Å². The van der Waals surface area contributed by atoms with Gasteiger partial charge < -0.3 is 0 Å². The number of carbonyl (C=O) groups excluding carboxylic acids is 3. The van der Waals surface area contributed by atoms with E-state index >= 15 is 0 Å². The summed E-state index contributed by atoms with van der Waals surface area (Å²) in [7, 11) is 0. The van der Waals surface area contributed by atoms with E-state index in [4.69, 9.17) is 0 Å². The number of hydrogen-bond donors (Lipinski definition) is 0. The maximum Gasteiger partial charge on any atom is 0.233 e. The van der Waals surface area contributed by atoms with Gasteiger partial charge in [-0.1, -0.05) is 43.2 Å². The number of imide groups is 1. The van der Waals surface area contributed by atoms with Crippen LogP contribution in [-0.2, 0) is 9.59 Å². The molecule has 0 bridgehead atoms. The first-order chi connectivity index (χ1) is 9.68. The molecule has 3 rings (SSSR count). The Balaban J connectivity index is 1.76. The molecule has 104 valence electrons. The SMILES string of the molecule is O=C(CN1C(=O)C2CCCCC2C1=O)c1ccccc1. The van der Waals surface area contributed by atoms with Crippen molar-refractivity contribution in [3.63, 3.8) is 0 Å². The molecule has 20 heavy (non-hydrogen) atoms. The van der Waals surface area contributed by atoms with Gasteiger partial charge in [0.05, 0.1) is 18.4 Å². The van der Waals surface area contributed by atoms with Crippen LogP contribution >= 0.6 is 0 Å². The molecule has 0 aromatic heterocycles. The number of Topliss-reactive ketones (excluding diaryl/α,β-unsaturated/α-hetero) is 1. The van der Waals surface area contributed by atoms with Gasteiger partial charge >= 0.3 is 0 Å². The molecule has 1 heterocycles. The molecular formula is C16H17NO3. The minimum Gasteiger partial charge on any atom is -0.292 e. The lowest BCUT2D eigenvalue weighted by Crippen LogP contribution is -2.35. The lowest BCUT2D eigenvalue weighted by atomic mass is 9.81. The third-order valence-corrected chi connectivity index (χ3v) is 4.33. The first kappa shape index (κ1) is 13.0. The molecule has 1 saturated carbocycles. The Labute approximate surface area is 117 Å². The van der Waals surface area contributed by atoms with Crippen LogP contribution in [0.15, 0.2) is 30.3 Å². The number of fused-ring (bicyclic) bond motifs is 1. The molecular weight excluding hydrogens is 254 g/mol. The zero-order chi connectivity index (χ0) is 14.1. The number of nitrogens with zero attached hydrogens (tertiary/aromatic N) is 1. The molecule has 1 aromatic rings. The summed E-state index contributed by atoms with van der Waals surface area (Å²) in [6, 6.07) is 8.81. The van der Waals surface area contributed by atoms with Crippen LogP contribution in [0.4, 0.5) is 0 Å². The fourth-order valence-electron chi connectivity index (χ4n) is 3.25. The third-order valence-electron chi connectivity index (χ3n) is 4.33. The Morgan fingerprint density at radius 2 is 1.55 bits per heavy atom. The molecule has 1 saturated heterocycles. The van der Waals surface area contributed by atoms with E-state index in [0.29, 0.717) is 5.56 Å². The summed E-state index contributed by atoms with van der Waals surface area (Å²) in [4.78, 5) is 37.9. The predicted octanol–water partition coefficient (Wildman–Crippen LogP) is 2.04. The van der Waals surface area contributed by atoms with Crippen molar-refractivity contribution in [1.82, 2.24) is 4.90 Å². The zero-order valence-electron chi connectivity index (χ0n) is 11.2. The largest absolute Gasteiger partial charge is 0.292 e. The van der Waals surface area contributed by atoms with Crippen LogP contribution in [0.25, 0.3) is 0 Å². The van der Waals surface area contributed by atoms with Crippen molar-refractivity contribution < 1.29 is 14.4 Å². The second-order valence-corrected chi connectivity index (χ2v) is 5.55. The van der Waals surface area contributed by atoms with E-state index in [9.17, 15) is 14.4 Å². The van der Waals surface area contributed by atoms with Gasteiger partial charge in [-0.15, -0.1) is 0 Å². The molecule has 0 N–H and O–H groups in total. The van der Waals surface area contributed by atoms with E-state index < -0.39 is 0 Å². The van der Waals surface area contributed by atoms with Crippen LogP contribution < -0.4 is 0 Å². The lowest BCUT2D eigenvalue weighted by molar-refractivity contribution is -0.139. The monoisotopic (exact) mass is 271 g/mol. The number of likely N-dealkylation sites (tertiary alicyclic amines) is 1. The van der Waals surface area contributed by atoms with Gasteiger partial charge in [-0.05, 0) is 12.8 Å². The Morgan fingerprint density at radius 3 is 2.10 bits per heavy atom. The molecule has 2 aliphatic rings. The van der Waals surface area contributed by atoms with Gasteiger partial charge in [-0.25, -0.2) is 0 Å². The number of benzene rings is 1. The average molecular weight is 271 g/mol. The van der Waals surface area contributed by atoms with Gasteiger partial charge in [-0.3, -0.25) is 19.3 Å². The maximum absolute atomic E-state index is 12.3. The van der Waals surface area contributed by atoms with Gasteiger partial charge in [0.15, 0.2) is 5.78 Å². The molecule has 0 spiro atoms. The second kappa shape index (κ2) is 5.19. The fourth-order valence-corrected chi connectivity index (χ4v) is 3.25. The number of amides is 2. The summed E-state index contributed by atoms with van der Waals surface area (Å²) in [5.74, 6) is -0.835. The first-order valence-electron chi connectivity index (χ1n) is 7.12. The Kier molecular flexibility index (Phi) is 3.38. The number of rotatable bonds is 3. The van der Waals surface area contributed by atoms with Crippen molar-refractivity contribution in [2.75, 3.05) is 6.54 Å². The van der Waals surface area contributed by atoms with Crippen LogP contribution in [0.3, 0.4) is 0 Å². The Bertz CT molecular complexity index is 528. The summed E-state index contributed by atoms with van der Waals surface area (Å²) in [5, 5.41) is 0. The van der Waals surface area contributed by atoms with Gasteiger partial charge in [0.2, 0.25) is 11.8 Å². The molecule has 4 nitrogen and oxygen atoms in total. The summed E-state index contributed by atoms with van der Waals surface area (Å²) in [6.45, 7) is -0.116. The second-order valence-electron chi connectivity index (χ2n) is 5.55. The Morgan fingerprint density at radius 1 is 1.00 bits per heavy atom. The van der Waals surface area contributed by atoms with Crippen LogP contribution in [-0.4, -0.2) is 29.0 Å². The third kappa shape index (κ3) is 2.15. The molecule has 0 radical (unpaired) electrons. The van der Waals surface area contributed by atoms with Crippen molar-refractivity contribution in [3.8, 4) is 0 Å². The van der Waals surface area contributed by atoms with Crippen molar-refractivity contribution in [2.45, 2.75) is 25.7 Å². The van der Waals surface area contributed by atoms with Gasteiger partial charge in [0.25, 0.3) is 0 Å². The molecule has 4 heteroatoms. The molecule has 2 amide bonds. The quantitative estimate of drug-likeness (QED) is 0.624. The van der Waals surface area contributed by atoms with E-state index in [0.717, 1.165) is 25.7 Å². The summed E-state index contributed by atoms with van der Waals surface area (Å²) >= 11 is 0. The molecule has 2 atom stereocenters. The van der Waals surface area contributed by atoms with E-state index in [1.807, 2.05) is 6.07 Å². The van der Waals surface area contributed by atoms with Gasteiger partial charge in [0, 0.05) is 5.56 Å². The molecule has 2 unspecified atom stereocenters. The van der Waals surface area contributed by atoms with E-state index in [2.05, 4.69) is 0 Å². The van der Waals surface area contributed by atoms with Crippen LogP contribution in [0.5, 0.6) is 0 Å². The predicted molar refractivity (Wildman–Crippen MR) is 72.9 cm³/mol. The minimum absolute atomic E-state index is 0.116. The Hall–Kier alpha value is -1.97. The lowest BCUT2D eigenvalue weighted by Gasteiger charge is -2.19. The summed E-state index contributed by atoms with van der Waals surface area (Å²) in [6.07, 6.45) is 3.57. The summed E-state index contributed by atoms with van der Waals surface area (Å²) in [5.41, 5.74) is 0.544.